The molecule has 1 aliphatic heterocycles. The molecule has 0 spiro atoms. The van der Waals surface area contributed by atoms with Gasteiger partial charge in [-0.1, -0.05) is 19.1 Å². The van der Waals surface area contributed by atoms with Crippen LogP contribution >= 0.6 is 0 Å². The Morgan fingerprint density at radius 3 is 2.74 bits per heavy atom. The molecule has 1 aromatic rings. The van der Waals surface area contributed by atoms with Crippen LogP contribution in [0.3, 0.4) is 0 Å². The number of esters is 1. The Balaban J connectivity index is 2.18. The molecule has 1 aliphatic rings. The molecular formula is C17H22N2O4. The molecule has 2 rings (SSSR count). The number of rotatable bonds is 6. The van der Waals surface area contributed by atoms with Crippen molar-refractivity contribution >= 4 is 23.5 Å². The number of hydrogen-bond acceptors (Lipinski definition) is 4. The first-order valence-corrected chi connectivity index (χ1v) is 7.92. The zero-order chi connectivity index (χ0) is 16.8. The van der Waals surface area contributed by atoms with E-state index in [1.807, 2.05) is 6.92 Å². The van der Waals surface area contributed by atoms with Crippen molar-refractivity contribution in [2.45, 2.75) is 26.7 Å². The van der Waals surface area contributed by atoms with Crippen LogP contribution in [0.1, 0.15) is 37.0 Å². The van der Waals surface area contributed by atoms with Gasteiger partial charge in [0.2, 0.25) is 11.8 Å². The van der Waals surface area contributed by atoms with Crippen LogP contribution in [0.25, 0.3) is 0 Å². The number of ether oxygens (including phenoxy) is 1. The molecule has 1 aromatic carbocycles. The van der Waals surface area contributed by atoms with Gasteiger partial charge >= 0.3 is 5.97 Å². The van der Waals surface area contributed by atoms with Gasteiger partial charge in [-0.25, -0.2) is 4.79 Å². The quantitative estimate of drug-likeness (QED) is 0.811. The lowest BCUT2D eigenvalue weighted by molar-refractivity contribution is -0.126. The van der Waals surface area contributed by atoms with Crippen molar-refractivity contribution in [3.8, 4) is 0 Å². The summed E-state index contributed by atoms with van der Waals surface area (Å²) in [5.41, 5.74) is 0.846. The third kappa shape index (κ3) is 3.88. The van der Waals surface area contributed by atoms with E-state index in [0.717, 1.165) is 6.42 Å². The van der Waals surface area contributed by atoms with Crippen LogP contribution in [0, 0.1) is 5.92 Å². The van der Waals surface area contributed by atoms with Gasteiger partial charge in [0.05, 0.1) is 23.8 Å². The summed E-state index contributed by atoms with van der Waals surface area (Å²) in [7, 11) is 0. The lowest BCUT2D eigenvalue weighted by Crippen LogP contribution is -2.33. The van der Waals surface area contributed by atoms with Crippen molar-refractivity contribution in [1.29, 1.82) is 0 Å². The molecule has 1 heterocycles. The molecule has 0 bridgehead atoms. The first-order valence-electron chi connectivity index (χ1n) is 7.92. The van der Waals surface area contributed by atoms with Gasteiger partial charge in [-0.2, -0.15) is 0 Å². The standard InChI is InChI=1S/C17H22N2O4/c1-3-9-18-16(21)12-10-15(20)19(11-12)14-8-6-5-7-13(14)17(22)23-4-2/h5-8,12H,3-4,9-11H2,1-2H3,(H,18,21). The molecule has 1 unspecified atom stereocenters. The smallest absolute Gasteiger partial charge is 0.340 e. The maximum absolute atomic E-state index is 12.3. The molecule has 1 atom stereocenters. The third-order valence-electron chi connectivity index (χ3n) is 3.74. The first-order chi connectivity index (χ1) is 11.1. The fourth-order valence-corrected chi connectivity index (χ4v) is 2.60. The predicted molar refractivity (Wildman–Crippen MR) is 86.2 cm³/mol. The van der Waals surface area contributed by atoms with Crippen molar-refractivity contribution in [3.63, 3.8) is 0 Å². The van der Waals surface area contributed by atoms with Gasteiger partial charge in [0, 0.05) is 19.5 Å². The topological polar surface area (TPSA) is 75.7 Å². The lowest BCUT2D eigenvalue weighted by Gasteiger charge is -2.19. The van der Waals surface area contributed by atoms with Crippen LogP contribution in [0.2, 0.25) is 0 Å². The van der Waals surface area contributed by atoms with E-state index in [1.54, 1.807) is 31.2 Å². The van der Waals surface area contributed by atoms with Crippen molar-refractivity contribution in [1.82, 2.24) is 5.32 Å². The molecule has 2 amide bonds. The summed E-state index contributed by atoms with van der Waals surface area (Å²) in [5, 5.41) is 2.82. The molecule has 0 radical (unpaired) electrons. The van der Waals surface area contributed by atoms with E-state index >= 15 is 0 Å². The van der Waals surface area contributed by atoms with E-state index in [1.165, 1.54) is 4.90 Å². The number of carbonyl (C=O) groups is 3. The van der Waals surface area contributed by atoms with E-state index in [0.29, 0.717) is 17.8 Å². The van der Waals surface area contributed by atoms with Crippen LogP contribution < -0.4 is 10.2 Å². The molecule has 6 nitrogen and oxygen atoms in total. The van der Waals surface area contributed by atoms with Gasteiger partial charge in [0.15, 0.2) is 0 Å². The molecule has 0 aliphatic carbocycles. The summed E-state index contributed by atoms with van der Waals surface area (Å²) in [6.07, 6.45) is 1.01. The lowest BCUT2D eigenvalue weighted by atomic mass is 10.1. The molecule has 23 heavy (non-hydrogen) atoms. The van der Waals surface area contributed by atoms with Gasteiger partial charge in [-0.05, 0) is 25.5 Å². The van der Waals surface area contributed by atoms with E-state index in [-0.39, 0.29) is 37.3 Å². The number of benzene rings is 1. The predicted octanol–water partition coefficient (Wildman–Crippen LogP) is 1.74. The summed E-state index contributed by atoms with van der Waals surface area (Å²) < 4.78 is 5.03. The second-order valence-electron chi connectivity index (χ2n) is 5.43. The highest BCUT2D eigenvalue weighted by atomic mass is 16.5. The summed E-state index contributed by atoms with van der Waals surface area (Å²) in [4.78, 5) is 37.9. The van der Waals surface area contributed by atoms with E-state index in [9.17, 15) is 14.4 Å². The molecule has 0 aromatic heterocycles. The number of nitrogens with one attached hydrogen (secondary N) is 1. The fourth-order valence-electron chi connectivity index (χ4n) is 2.60. The van der Waals surface area contributed by atoms with Gasteiger partial charge in [-0.15, -0.1) is 0 Å². The fraction of sp³-hybridized carbons (Fsp3) is 0.471. The Hall–Kier alpha value is -2.37. The number of anilines is 1. The molecular weight excluding hydrogens is 296 g/mol. The van der Waals surface area contributed by atoms with E-state index < -0.39 is 5.97 Å². The Morgan fingerprint density at radius 1 is 1.30 bits per heavy atom. The highest BCUT2D eigenvalue weighted by Crippen LogP contribution is 2.28. The van der Waals surface area contributed by atoms with Gasteiger partial charge in [0.1, 0.15) is 0 Å². The third-order valence-corrected chi connectivity index (χ3v) is 3.74. The molecule has 1 fully saturated rings. The van der Waals surface area contributed by atoms with Crippen LogP contribution in [0.15, 0.2) is 24.3 Å². The highest BCUT2D eigenvalue weighted by molar-refractivity contribution is 6.05. The summed E-state index contributed by atoms with van der Waals surface area (Å²) >= 11 is 0. The largest absolute Gasteiger partial charge is 0.462 e. The summed E-state index contributed by atoms with van der Waals surface area (Å²) in [5.74, 6) is -1.12. The second kappa shape index (κ2) is 7.76. The number of hydrogen-bond donors (Lipinski definition) is 1. The zero-order valence-corrected chi connectivity index (χ0v) is 13.5. The minimum atomic E-state index is -0.463. The number of carbonyl (C=O) groups excluding carboxylic acids is 3. The van der Waals surface area contributed by atoms with Crippen molar-refractivity contribution in [2.75, 3.05) is 24.6 Å². The van der Waals surface area contributed by atoms with Gasteiger partial charge < -0.3 is 15.0 Å². The minimum Gasteiger partial charge on any atom is -0.462 e. The maximum Gasteiger partial charge on any atom is 0.340 e. The highest BCUT2D eigenvalue weighted by Gasteiger charge is 2.36. The average molecular weight is 318 g/mol. The molecule has 1 saturated heterocycles. The molecule has 1 N–H and O–H groups in total. The SMILES string of the molecule is CCCNC(=O)C1CC(=O)N(c2ccccc2C(=O)OCC)C1. The van der Waals surface area contributed by atoms with Gasteiger partial charge in [-0.3, -0.25) is 9.59 Å². The first kappa shape index (κ1) is 17.0. The molecule has 0 saturated carbocycles. The van der Waals surface area contributed by atoms with E-state index in [4.69, 9.17) is 4.74 Å². The van der Waals surface area contributed by atoms with Crippen molar-refractivity contribution in [3.05, 3.63) is 29.8 Å². The molecule has 6 heteroatoms. The van der Waals surface area contributed by atoms with Crippen LogP contribution in [-0.2, 0) is 14.3 Å². The molecule has 124 valence electrons. The summed E-state index contributed by atoms with van der Waals surface area (Å²) in [6, 6.07) is 6.82. The Bertz CT molecular complexity index is 600. The number of amides is 2. The minimum absolute atomic E-state index is 0.115. The number of para-hydroxylation sites is 1. The summed E-state index contributed by atoms with van der Waals surface area (Å²) in [6.45, 7) is 4.86. The van der Waals surface area contributed by atoms with Crippen molar-refractivity contribution < 1.29 is 19.1 Å². The van der Waals surface area contributed by atoms with Crippen LogP contribution in [-0.4, -0.2) is 37.5 Å². The monoisotopic (exact) mass is 318 g/mol. The normalized spacial score (nSPS) is 17.2. The Labute approximate surface area is 135 Å². The van der Waals surface area contributed by atoms with Gasteiger partial charge in [0.25, 0.3) is 0 Å². The zero-order valence-electron chi connectivity index (χ0n) is 13.5. The van der Waals surface area contributed by atoms with E-state index in [2.05, 4.69) is 5.32 Å². The Morgan fingerprint density at radius 2 is 2.04 bits per heavy atom. The average Bonchev–Trinajstić information content (AvgIpc) is 2.94. The number of nitrogens with zero attached hydrogens (tertiary/aromatic N) is 1. The van der Waals surface area contributed by atoms with Crippen LogP contribution in [0.4, 0.5) is 5.69 Å². The van der Waals surface area contributed by atoms with Crippen LogP contribution in [0.5, 0.6) is 0 Å². The Kier molecular flexibility index (Phi) is 5.73. The second-order valence-corrected chi connectivity index (χ2v) is 5.43. The van der Waals surface area contributed by atoms with Crippen molar-refractivity contribution in [2.24, 2.45) is 5.92 Å². The maximum atomic E-state index is 12.3.